The monoisotopic (exact) mass is 349 g/mol. The van der Waals surface area contributed by atoms with E-state index in [1.165, 1.54) is 27.2 Å². The molecule has 1 aromatic heterocycles. The van der Waals surface area contributed by atoms with Gasteiger partial charge < -0.3 is 9.88 Å². The molecule has 1 atom stereocenters. The minimum atomic E-state index is 0.575. The van der Waals surface area contributed by atoms with Gasteiger partial charge in [0, 0.05) is 53.7 Å². The fraction of sp³-hybridized carbons (Fsp3) is 0.286. The van der Waals surface area contributed by atoms with Crippen LogP contribution in [0.25, 0.3) is 10.9 Å². The number of nitrogens with one attached hydrogen (secondary N) is 1. The molecule has 1 fully saturated rings. The van der Waals surface area contributed by atoms with Crippen LogP contribution in [-0.2, 0) is 0 Å². The smallest absolute Gasteiger partial charge is 0.0993 e. The lowest BCUT2D eigenvalue weighted by Crippen LogP contribution is -2.20. The number of rotatable bonds is 5. The second kappa shape index (κ2) is 7.36. The van der Waals surface area contributed by atoms with E-state index in [1.54, 1.807) is 0 Å². The number of hydrogen-bond donors (Lipinski definition) is 1. The standard InChI is InChI=1S/C21H23N3S/c1-24-15-17(16-7-3-2-4-8-16)13-21(24)22-11-12-25-20-14-23-19-10-6-5-9-18(19)20/h2-10,14,17,23H,11-13,15H2,1H3/b22-21-. The summed E-state index contributed by atoms with van der Waals surface area (Å²) >= 11 is 1.88. The third kappa shape index (κ3) is 3.59. The molecular weight excluding hydrogens is 326 g/mol. The second-order valence-electron chi connectivity index (χ2n) is 6.54. The fourth-order valence-electron chi connectivity index (χ4n) is 3.51. The molecule has 1 aliphatic heterocycles. The van der Waals surface area contributed by atoms with Gasteiger partial charge in [-0.2, -0.15) is 0 Å². The SMILES string of the molecule is CN1CC(c2ccccc2)C/C1=N/CCSc1c[nH]c2ccccc12. The molecular formula is C21H23N3S. The number of aromatic nitrogens is 1. The van der Waals surface area contributed by atoms with Crippen molar-refractivity contribution in [3.8, 4) is 0 Å². The number of likely N-dealkylation sites (N-methyl/N-ethyl adjacent to an activating group) is 1. The summed E-state index contributed by atoms with van der Waals surface area (Å²) in [5.41, 5.74) is 2.63. The summed E-state index contributed by atoms with van der Waals surface area (Å²) < 4.78 is 0. The van der Waals surface area contributed by atoms with Crippen molar-refractivity contribution in [1.82, 2.24) is 9.88 Å². The number of amidine groups is 1. The Morgan fingerprint density at radius 3 is 2.80 bits per heavy atom. The van der Waals surface area contributed by atoms with Gasteiger partial charge in [-0.15, -0.1) is 11.8 Å². The Bertz CT molecular complexity index is 869. The molecule has 0 saturated carbocycles. The van der Waals surface area contributed by atoms with Crippen molar-refractivity contribution in [1.29, 1.82) is 0 Å². The highest BCUT2D eigenvalue weighted by Gasteiger charge is 2.25. The lowest BCUT2D eigenvalue weighted by Gasteiger charge is -2.12. The molecule has 1 N–H and O–H groups in total. The average molecular weight is 350 g/mol. The van der Waals surface area contributed by atoms with Crippen LogP contribution in [0.4, 0.5) is 0 Å². The molecule has 2 heterocycles. The van der Waals surface area contributed by atoms with Crippen LogP contribution in [0.15, 0.2) is 70.7 Å². The first-order valence-electron chi connectivity index (χ1n) is 8.79. The van der Waals surface area contributed by atoms with Gasteiger partial charge in [0.05, 0.1) is 12.4 Å². The molecule has 3 aromatic rings. The first kappa shape index (κ1) is 16.3. The number of aliphatic imine (C=N–C) groups is 1. The van der Waals surface area contributed by atoms with E-state index in [-0.39, 0.29) is 0 Å². The normalized spacial score (nSPS) is 19.2. The van der Waals surface area contributed by atoms with Gasteiger partial charge in [-0.25, -0.2) is 0 Å². The molecule has 1 saturated heterocycles. The molecule has 1 unspecified atom stereocenters. The van der Waals surface area contributed by atoms with Gasteiger partial charge in [0.15, 0.2) is 0 Å². The maximum atomic E-state index is 4.87. The minimum absolute atomic E-state index is 0.575. The molecule has 0 amide bonds. The first-order chi connectivity index (χ1) is 12.3. The van der Waals surface area contributed by atoms with Crippen molar-refractivity contribution in [3.63, 3.8) is 0 Å². The van der Waals surface area contributed by atoms with Gasteiger partial charge in [0.25, 0.3) is 0 Å². The van der Waals surface area contributed by atoms with E-state index in [1.807, 2.05) is 11.8 Å². The van der Waals surface area contributed by atoms with Gasteiger partial charge in [0.1, 0.15) is 0 Å². The van der Waals surface area contributed by atoms with Crippen molar-refractivity contribution < 1.29 is 0 Å². The number of aromatic amines is 1. The second-order valence-corrected chi connectivity index (χ2v) is 7.67. The Kier molecular flexibility index (Phi) is 4.79. The number of fused-ring (bicyclic) bond motifs is 1. The Hall–Kier alpha value is -2.20. The molecule has 0 bridgehead atoms. The highest BCUT2D eigenvalue weighted by molar-refractivity contribution is 7.99. The van der Waals surface area contributed by atoms with E-state index < -0.39 is 0 Å². The number of para-hydroxylation sites is 1. The number of likely N-dealkylation sites (tertiary alicyclic amines) is 1. The molecule has 25 heavy (non-hydrogen) atoms. The van der Waals surface area contributed by atoms with Gasteiger partial charge in [0.2, 0.25) is 0 Å². The average Bonchev–Trinajstić information content (AvgIpc) is 3.23. The van der Waals surface area contributed by atoms with E-state index in [4.69, 9.17) is 4.99 Å². The van der Waals surface area contributed by atoms with Crippen molar-refractivity contribution in [2.45, 2.75) is 17.2 Å². The van der Waals surface area contributed by atoms with Crippen molar-refractivity contribution in [2.75, 3.05) is 25.9 Å². The molecule has 4 rings (SSSR count). The van der Waals surface area contributed by atoms with E-state index in [2.05, 4.69) is 77.7 Å². The van der Waals surface area contributed by atoms with Crippen LogP contribution in [0.3, 0.4) is 0 Å². The molecule has 0 spiro atoms. The Morgan fingerprint density at radius 1 is 1.12 bits per heavy atom. The number of nitrogens with zero attached hydrogens (tertiary/aromatic N) is 2. The Morgan fingerprint density at radius 2 is 1.92 bits per heavy atom. The number of H-pyrrole nitrogens is 1. The van der Waals surface area contributed by atoms with Crippen LogP contribution in [0.5, 0.6) is 0 Å². The van der Waals surface area contributed by atoms with Crippen LogP contribution >= 0.6 is 11.8 Å². The molecule has 1 aliphatic rings. The molecule has 2 aromatic carbocycles. The zero-order valence-corrected chi connectivity index (χ0v) is 15.3. The first-order valence-corrected chi connectivity index (χ1v) is 9.78. The maximum absolute atomic E-state index is 4.87. The van der Waals surface area contributed by atoms with Gasteiger partial charge in [-0.3, -0.25) is 4.99 Å². The summed E-state index contributed by atoms with van der Waals surface area (Å²) in [6, 6.07) is 19.3. The summed E-state index contributed by atoms with van der Waals surface area (Å²) in [7, 11) is 2.16. The van der Waals surface area contributed by atoms with Crippen molar-refractivity contribution in [2.24, 2.45) is 4.99 Å². The van der Waals surface area contributed by atoms with E-state index in [0.29, 0.717) is 5.92 Å². The van der Waals surface area contributed by atoms with Gasteiger partial charge >= 0.3 is 0 Å². The summed E-state index contributed by atoms with van der Waals surface area (Å²) in [5, 5.41) is 1.31. The van der Waals surface area contributed by atoms with E-state index in [9.17, 15) is 0 Å². The minimum Gasteiger partial charge on any atom is -0.363 e. The number of benzene rings is 2. The lowest BCUT2D eigenvalue weighted by atomic mass is 9.98. The van der Waals surface area contributed by atoms with E-state index >= 15 is 0 Å². The molecule has 128 valence electrons. The largest absolute Gasteiger partial charge is 0.363 e. The highest BCUT2D eigenvalue weighted by atomic mass is 32.2. The predicted octanol–water partition coefficient (Wildman–Crippen LogP) is 4.78. The molecule has 4 heteroatoms. The number of hydrogen-bond acceptors (Lipinski definition) is 2. The third-order valence-electron chi connectivity index (χ3n) is 4.83. The lowest BCUT2D eigenvalue weighted by molar-refractivity contribution is 0.519. The summed E-state index contributed by atoms with van der Waals surface area (Å²) in [6.45, 7) is 1.93. The number of thioether (sulfide) groups is 1. The fourth-order valence-corrected chi connectivity index (χ4v) is 4.38. The summed E-state index contributed by atoms with van der Waals surface area (Å²) in [5.74, 6) is 2.83. The van der Waals surface area contributed by atoms with Crippen molar-refractivity contribution in [3.05, 3.63) is 66.4 Å². The van der Waals surface area contributed by atoms with Crippen LogP contribution in [0, 0.1) is 0 Å². The molecule has 0 aliphatic carbocycles. The van der Waals surface area contributed by atoms with Crippen molar-refractivity contribution >= 4 is 28.5 Å². The van der Waals surface area contributed by atoms with Crippen LogP contribution in [0.2, 0.25) is 0 Å². The zero-order valence-electron chi connectivity index (χ0n) is 14.5. The van der Waals surface area contributed by atoms with Crippen LogP contribution < -0.4 is 0 Å². The Balaban J connectivity index is 1.34. The topological polar surface area (TPSA) is 31.4 Å². The van der Waals surface area contributed by atoms with E-state index in [0.717, 1.165) is 25.3 Å². The Labute approximate surface area is 153 Å². The highest BCUT2D eigenvalue weighted by Crippen LogP contribution is 2.29. The molecule has 0 radical (unpaired) electrons. The van der Waals surface area contributed by atoms with Crippen LogP contribution in [-0.4, -0.2) is 41.6 Å². The summed E-state index contributed by atoms with van der Waals surface area (Å²) in [6.07, 6.45) is 3.16. The maximum Gasteiger partial charge on any atom is 0.0993 e. The van der Waals surface area contributed by atoms with Gasteiger partial charge in [-0.05, 0) is 11.6 Å². The van der Waals surface area contributed by atoms with Crippen LogP contribution in [0.1, 0.15) is 17.9 Å². The van der Waals surface area contributed by atoms with Gasteiger partial charge in [-0.1, -0.05) is 48.5 Å². The predicted molar refractivity (Wildman–Crippen MR) is 108 cm³/mol. The molecule has 3 nitrogen and oxygen atoms in total. The summed E-state index contributed by atoms with van der Waals surface area (Å²) in [4.78, 5) is 11.8. The zero-order chi connectivity index (χ0) is 17.1. The quantitative estimate of drug-likeness (QED) is 0.531. The third-order valence-corrected chi connectivity index (χ3v) is 5.86.